The summed E-state index contributed by atoms with van der Waals surface area (Å²) < 4.78 is 31.4. The van der Waals surface area contributed by atoms with Crippen molar-refractivity contribution < 1.29 is 12.8 Å². The van der Waals surface area contributed by atoms with Crippen molar-refractivity contribution in [3.63, 3.8) is 0 Å². The van der Waals surface area contributed by atoms with Gasteiger partial charge in [0, 0.05) is 37.2 Å². The molecule has 3 heterocycles. The van der Waals surface area contributed by atoms with Crippen molar-refractivity contribution in [1.82, 2.24) is 9.55 Å². The number of oxazole rings is 1. The number of aryl methyl sites for hydroxylation is 1. The Morgan fingerprint density at radius 2 is 1.85 bits per heavy atom. The minimum Gasteiger partial charge on any atom is -0.440 e. The van der Waals surface area contributed by atoms with Crippen molar-refractivity contribution in [2.45, 2.75) is 30.1 Å². The lowest BCUT2D eigenvalue weighted by atomic mass is 9.80. The van der Waals surface area contributed by atoms with E-state index in [1.165, 1.54) is 16.9 Å². The summed E-state index contributed by atoms with van der Waals surface area (Å²) in [6.07, 6.45) is 2.57. The van der Waals surface area contributed by atoms with Crippen LogP contribution in [0.3, 0.4) is 0 Å². The molecule has 8 nitrogen and oxygen atoms in total. The van der Waals surface area contributed by atoms with Crippen LogP contribution in [0.1, 0.15) is 31.2 Å². The van der Waals surface area contributed by atoms with Crippen LogP contribution < -0.4 is 10.5 Å². The number of nitrogens with zero attached hydrogens (tertiary/aromatic N) is 4. The van der Waals surface area contributed by atoms with Gasteiger partial charge >= 0.3 is 0 Å². The van der Waals surface area contributed by atoms with E-state index in [2.05, 4.69) is 22.9 Å². The summed E-state index contributed by atoms with van der Waals surface area (Å²) in [5.41, 5.74) is 2.03. The summed E-state index contributed by atoms with van der Waals surface area (Å²) in [5.74, 6) is 0.571. The Hall–Kier alpha value is -3.64. The zero-order chi connectivity index (χ0) is 24.3. The summed E-state index contributed by atoms with van der Waals surface area (Å²) in [4.78, 5) is 19.8. The van der Waals surface area contributed by atoms with Gasteiger partial charge in [-0.05, 0) is 37.1 Å². The number of benzene rings is 2. The van der Waals surface area contributed by atoms with Crippen molar-refractivity contribution in [2.75, 3.05) is 24.2 Å². The predicted octanol–water partition coefficient (Wildman–Crippen LogP) is 3.51. The van der Waals surface area contributed by atoms with Gasteiger partial charge in [0.25, 0.3) is 5.56 Å². The highest BCUT2D eigenvalue weighted by atomic mass is 32.2. The number of nitriles is 1. The fourth-order valence-electron chi connectivity index (χ4n) is 4.74. The maximum absolute atomic E-state index is 12.9. The molecule has 0 N–H and O–H groups in total. The molecule has 0 saturated carbocycles. The van der Waals surface area contributed by atoms with Crippen LogP contribution in [0.2, 0.25) is 0 Å². The Bertz CT molecular complexity index is 1650. The number of sulfone groups is 1. The van der Waals surface area contributed by atoms with Crippen molar-refractivity contribution in [3.8, 4) is 6.07 Å². The molecule has 34 heavy (non-hydrogen) atoms. The molecule has 1 saturated heterocycles. The van der Waals surface area contributed by atoms with Gasteiger partial charge in [-0.15, -0.1) is 0 Å². The molecule has 1 aliphatic heterocycles. The third-order valence-electron chi connectivity index (χ3n) is 6.87. The normalized spacial score (nSPS) is 16.1. The largest absolute Gasteiger partial charge is 0.440 e. The highest BCUT2D eigenvalue weighted by molar-refractivity contribution is 7.90. The Labute approximate surface area is 197 Å². The molecule has 9 heteroatoms. The third kappa shape index (κ3) is 3.46. The zero-order valence-electron chi connectivity index (χ0n) is 19.2. The van der Waals surface area contributed by atoms with Gasteiger partial charge in [-0.3, -0.25) is 4.79 Å². The topological polar surface area (TPSA) is 109 Å². The predicted molar refractivity (Wildman–Crippen MR) is 130 cm³/mol. The summed E-state index contributed by atoms with van der Waals surface area (Å²) in [7, 11) is -1.65. The van der Waals surface area contributed by atoms with Crippen LogP contribution in [0.15, 0.2) is 56.6 Å². The maximum Gasteiger partial charge on any atom is 0.270 e. The second kappa shape index (κ2) is 7.71. The van der Waals surface area contributed by atoms with E-state index in [0.717, 1.165) is 10.9 Å². The maximum atomic E-state index is 12.9. The van der Waals surface area contributed by atoms with Crippen LogP contribution in [-0.4, -0.2) is 37.3 Å². The number of piperidine rings is 1. The molecule has 2 aromatic heterocycles. The number of para-hydroxylation sites is 1. The smallest absolute Gasteiger partial charge is 0.270 e. The second-order valence-electron chi connectivity index (χ2n) is 9.19. The van der Waals surface area contributed by atoms with Gasteiger partial charge in [-0.1, -0.05) is 25.1 Å². The van der Waals surface area contributed by atoms with Crippen molar-refractivity contribution in [3.05, 3.63) is 64.3 Å². The molecule has 2 aromatic carbocycles. The van der Waals surface area contributed by atoms with E-state index in [-0.39, 0.29) is 21.4 Å². The summed E-state index contributed by atoms with van der Waals surface area (Å²) in [6, 6.07) is 14.5. The fraction of sp³-hybridized carbons (Fsp3) is 0.320. The quantitative estimate of drug-likeness (QED) is 0.445. The molecule has 0 aliphatic carbocycles. The summed E-state index contributed by atoms with van der Waals surface area (Å²) in [5, 5.41) is 10.7. The van der Waals surface area contributed by atoms with Crippen LogP contribution >= 0.6 is 0 Å². The van der Waals surface area contributed by atoms with E-state index in [0.29, 0.717) is 48.6 Å². The first-order valence-electron chi connectivity index (χ1n) is 11.0. The Morgan fingerprint density at radius 1 is 1.15 bits per heavy atom. The third-order valence-corrected chi connectivity index (χ3v) is 7.98. The van der Waals surface area contributed by atoms with Crippen LogP contribution in [0.4, 0.5) is 5.69 Å². The molecule has 0 radical (unpaired) electrons. The molecule has 0 amide bonds. The van der Waals surface area contributed by atoms with Crippen LogP contribution in [-0.2, 0) is 22.3 Å². The minimum absolute atomic E-state index is 0.153. The van der Waals surface area contributed by atoms with Gasteiger partial charge in [-0.25, -0.2) is 13.4 Å². The first-order chi connectivity index (χ1) is 16.1. The lowest BCUT2D eigenvalue weighted by Gasteiger charge is -2.39. The number of hydrogen-bond donors (Lipinski definition) is 0. The molecule has 1 aliphatic rings. The van der Waals surface area contributed by atoms with Crippen LogP contribution in [0.5, 0.6) is 0 Å². The number of pyridine rings is 1. The Balaban J connectivity index is 1.50. The summed E-state index contributed by atoms with van der Waals surface area (Å²) in [6.45, 7) is 3.32. The molecule has 174 valence electrons. The van der Waals surface area contributed by atoms with Gasteiger partial charge in [0.15, 0.2) is 15.4 Å². The monoisotopic (exact) mass is 476 g/mol. The van der Waals surface area contributed by atoms with E-state index in [1.54, 1.807) is 19.2 Å². The van der Waals surface area contributed by atoms with Crippen LogP contribution in [0.25, 0.3) is 22.0 Å². The highest BCUT2D eigenvalue weighted by Gasteiger charge is 2.37. The molecule has 0 bridgehead atoms. The Morgan fingerprint density at radius 3 is 2.53 bits per heavy atom. The molecule has 4 aromatic rings. The standard InChI is InChI=1S/C25H24N4O4S/c1-25(24-27-19-14-16(34(3,31)32)8-9-21(19)33-24)10-12-29(13-11-25)22-17-6-4-5-7-20(17)28(2)23(30)18(22)15-26/h4-9,14H,10-13H2,1-3H3. The SMILES string of the molecule is Cn1c(=O)c(C#N)c(N2CCC(C)(c3nc4cc(S(C)(=O)=O)ccc4o3)CC2)c2ccccc21. The van der Waals surface area contributed by atoms with E-state index in [1.807, 2.05) is 24.3 Å². The van der Waals surface area contributed by atoms with Gasteiger partial charge in [0.2, 0.25) is 5.89 Å². The van der Waals surface area contributed by atoms with E-state index in [4.69, 9.17) is 4.42 Å². The lowest BCUT2D eigenvalue weighted by molar-refractivity contribution is 0.292. The molecule has 0 unspecified atom stereocenters. The zero-order valence-corrected chi connectivity index (χ0v) is 20.0. The lowest BCUT2D eigenvalue weighted by Crippen LogP contribution is -2.42. The molecule has 0 spiro atoms. The molecule has 1 fully saturated rings. The average molecular weight is 477 g/mol. The minimum atomic E-state index is -3.34. The number of hydrogen-bond acceptors (Lipinski definition) is 7. The van der Waals surface area contributed by atoms with E-state index >= 15 is 0 Å². The van der Waals surface area contributed by atoms with Gasteiger partial charge in [-0.2, -0.15) is 5.26 Å². The van der Waals surface area contributed by atoms with Gasteiger partial charge in [0.05, 0.1) is 16.1 Å². The van der Waals surface area contributed by atoms with E-state index < -0.39 is 9.84 Å². The number of fused-ring (bicyclic) bond motifs is 2. The molecular weight excluding hydrogens is 452 g/mol. The van der Waals surface area contributed by atoms with Crippen molar-refractivity contribution in [2.24, 2.45) is 7.05 Å². The Kier molecular flexibility index (Phi) is 5.02. The first kappa shape index (κ1) is 22.2. The second-order valence-corrected chi connectivity index (χ2v) is 11.2. The fourth-order valence-corrected chi connectivity index (χ4v) is 5.38. The van der Waals surface area contributed by atoms with Crippen molar-refractivity contribution in [1.29, 1.82) is 5.26 Å². The molecule has 5 rings (SSSR count). The first-order valence-corrected chi connectivity index (χ1v) is 12.9. The van der Waals surface area contributed by atoms with Crippen LogP contribution in [0, 0.1) is 11.3 Å². The van der Waals surface area contributed by atoms with Gasteiger partial charge in [0.1, 0.15) is 17.1 Å². The summed E-state index contributed by atoms with van der Waals surface area (Å²) >= 11 is 0. The average Bonchev–Trinajstić information content (AvgIpc) is 3.26. The van der Waals surface area contributed by atoms with E-state index in [9.17, 15) is 18.5 Å². The number of rotatable bonds is 3. The van der Waals surface area contributed by atoms with Gasteiger partial charge < -0.3 is 13.9 Å². The number of aromatic nitrogens is 2. The van der Waals surface area contributed by atoms with Crippen molar-refractivity contribution >= 4 is 37.5 Å². The molecule has 0 atom stereocenters. The number of anilines is 1. The highest BCUT2D eigenvalue weighted by Crippen LogP contribution is 2.39. The molecular formula is C25H24N4O4S.